The molecule has 1 aromatic heterocycles. The molecule has 0 spiro atoms. The van der Waals surface area contributed by atoms with Crippen LogP contribution in [0.3, 0.4) is 0 Å². The summed E-state index contributed by atoms with van der Waals surface area (Å²) in [6.45, 7) is 2.05. The van der Waals surface area contributed by atoms with E-state index < -0.39 is 18.1 Å². The molecular weight excluding hydrogens is 436 g/mol. The van der Waals surface area contributed by atoms with Crippen molar-refractivity contribution in [1.29, 1.82) is 0 Å². The maximum Gasteiger partial charge on any atom is 0.407 e. The average Bonchev–Trinajstić information content (AvgIpc) is 3.35. The van der Waals surface area contributed by atoms with Gasteiger partial charge < -0.3 is 20.5 Å². The zero-order chi connectivity index (χ0) is 24.2. The van der Waals surface area contributed by atoms with Crippen molar-refractivity contribution < 1.29 is 24.2 Å². The van der Waals surface area contributed by atoms with Gasteiger partial charge in [-0.15, -0.1) is 0 Å². The molecule has 3 aromatic rings. The second-order valence-corrected chi connectivity index (χ2v) is 8.17. The molecular formula is C25H26N4O5. The number of fused-ring (bicyclic) bond motifs is 3. The second-order valence-electron chi connectivity index (χ2n) is 8.17. The number of carboxylic acids is 1. The molecule has 0 saturated heterocycles. The molecule has 9 heteroatoms. The summed E-state index contributed by atoms with van der Waals surface area (Å²) >= 11 is 0. The molecule has 0 fully saturated rings. The number of carbonyl (C=O) groups excluding carboxylic acids is 2. The number of benzene rings is 2. The number of aromatic nitrogens is 2. The lowest BCUT2D eigenvalue weighted by molar-refractivity contribution is -0.116. The van der Waals surface area contributed by atoms with Crippen molar-refractivity contribution in [3.05, 3.63) is 71.4 Å². The van der Waals surface area contributed by atoms with Gasteiger partial charge in [0.25, 0.3) is 0 Å². The molecule has 9 nitrogen and oxygen atoms in total. The zero-order valence-electron chi connectivity index (χ0n) is 18.9. The highest BCUT2D eigenvalue weighted by Crippen LogP contribution is 2.44. The molecule has 0 aliphatic heterocycles. The van der Waals surface area contributed by atoms with Gasteiger partial charge in [0.15, 0.2) is 5.69 Å². The summed E-state index contributed by atoms with van der Waals surface area (Å²) in [5.74, 6) is -1.33. The van der Waals surface area contributed by atoms with Gasteiger partial charge in [0, 0.05) is 31.5 Å². The summed E-state index contributed by atoms with van der Waals surface area (Å²) in [6, 6.07) is 17.0. The van der Waals surface area contributed by atoms with Crippen molar-refractivity contribution in [1.82, 2.24) is 15.1 Å². The fraction of sp³-hybridized carbons (Fsp3) is 0.280. The van der Waals surface area contributed by atoms with Gasteiger partial charge >= 0.3 is 12.1 Å². The van der Waals surface area contributed by atoms with Crippen LogP contribution in [0.4, 0.5) is 10.6 Å². The van der Waals surface area contributed by atoms with Crippen LogP contribution < -0.4 is 10.6 Å². The molecule has 3 N–H and O–H groups in total. The van der Waals surface area contributed by atoms with E-state index in [1.54, 1.807) is 0 Å². The van der Waals surface area contributed by atoms with Crippen molar-refractivity contribution in [3.8, 4) is 11.1 Å². The quantitative estimate of drug-likeness (QED) is 0.468. The summed E-state index contributed by atoms with van der Waals surface area (Å²) in [5.41, 5.74) is 4.38. The maximum absolute atomic E-state index is 12.5. The first kappa shape index (κ1) is 23.0. The lowest BCUT2D eigenvalue weighted by Gasteiger charge is -2.18. The van der Waals surface area contributed by atoms with E-state index in [9.17, 15) is 14.4 Å². The number of hydrogen-bond acceptors (Lipinski definition) is 5. The summed E-state index contributed by atoms with van der Waals surface area (Å²) in [4.78, 5) is 36.0. The monoisotopic (exact) mass is 462 g/mol. The summed E-state index contributed by atoms with van der Waals surface area (Å²) in [5, 5.41) is 18.2. The van der Waals surface area contributed by atoms with Gasteiger partial charge in [0.2, 0.25) is 5.91 Å². The van der Waals surface area contributed by atoms with Crippen LogP contribution in [0.2, 0.25) is 0 Å². The van der Waals surface area contributed by atoms with Crippen LogP contribution >= 0.6 is 0 Å². The Balaban J connectivity index is 1.33. The van der Waals surface area contributed by atoms with Crippen LogP contribution in [0.1, 0.15) is 47.3 Å². The third-order valence-electron chi connectivity index (χ3n) is 5.96. The number of aryl methyl sites for hydroxylation is 1. The number of carbonyl (C=O) groups is 3. The van der Waals surface area contributed by atoms with Crippen LogP contribution in [-0.4, -0.2) is 45.5 Å². The number of nitrogens with zero attached hydrogens (tertiary/aromatic N) is 2. The number of amides is 2. The Labute approximate surface area is 196 Å². The van der Waals surface area contributed by atoms with Crippen molar-refractivity contribution in [2.45, 2.75) is 31.7 Å². The fourth-order valence-corrected chi connectivity index (χ4v) is 4.21. The Morgan fingerprint density at radius 3 is 2.26 bits per heavy atom. The molecule has 2 aromatic carbocycles. The smallest absolute Gasteiger partial charge is 0.407 e. The highest BCUT2D eigenvalue weighted by molar-refractivity contribution is 5.92. The van der Waals surface area contributed by atoms with E-state index in [2.05, 4.69) is 40.0 Å². The normalized spacial score (nSPS) is 13.0. The molecule has 2 amide bonds. The number of rotatable bonds is 8. The fourth-order valence-electron chi connectivity index (χ4n) is 4.21. The number of ether oxygens (including phenoxy) is 1. The van der Waals surface area contributed by atoms with Gasteiger partial charge in [0.05, 0.1) is 0 Å². The molecule has 0 bridgehead atoms. The lowest BCUT2D eigenvalue weighted by atomic mass is 9.98. The van der Waals surface area contributed by atoms with E-state index in [1.165, 1.54) is 17.8 Å². The van der Waals surface area contributed by atoms with Crippen LogP contribution in [0, 0.1) is 0 Å². The first-order chi connectivity index (χ1) is 16.4. The number of carboxylic acid groups (broad SMARTS) is 1. The maximum atomic E-state index is 12.5. The molecule has 1 atom stereocenters. The van der Waals surface area contributed by atoms with Crippen LogP contribution in [0.5, 0.6) is 0 Å². The lowest BCUT2D eigenvalue weighted by Crippen LogP contribution is -2.38. The third kappa shape index (κ3) is 4.78. The number of alkyl carbamates (subject to hydrolysis) is 1. The number of nitrogens with one attached hydrogen (secondary N) is 2. The van der Waals surface area contributed by atoms with Crippen LogP contribution in [0.25, 0.3) is 11.1 Å². The van der Waals surface area contributed by atoms with Crippen LogP contribution in [0.15, 0.2) is 54.6 Å². The van der Waals surface area contributed by atoms with E-state index in [0.29, 0.717) is 6.42 Å². The molecule has 0 unspecified atom stereocenters. The predicted molar refractivity (Wildman–Crippen MR) is 126 cm³/mol. The highest BCUT2D eigenvalue weighted by Gasteiger charge is 2.29. The Kier molecular flexibility index (Phi) is 6.62. The molecule has 4 rings (SSSR count). The van der Waals surface area contributed by atoms with E-state index in [1.807, 2.05) is 31.2 Å². The van der Waals surface area contributed by atoms with E-state index >= 15 is 0 Å². The van der Waals surface area contributed by atoms with E-state index in [0.717, 1.165) is 22.3 Å². The van der Waals surface area contributed by atoms with Gasteiger partial charge in [-0.3, -0.25) is 9.48 Å². The highest BCUT2D eigenvalue weighted by atomic mass is 16.5. The van der Waals surface area contributed by atoms with Crippen molar-refractivity contribution in [2.24, 2.45) is 7.05 Å². The summed E-state index contributed by atoms with van der Waals surface area (Å²) in [6.07, 6.45) is -0.0623. The first-order valence-electron chi connectivity index (χ1n) is 11.1. The molecule has 176 valence electrons. The zero-order valence-corrected chi connectivity index (χ0v) is 18.9. The minimum atomic E-state index is -1.18. The molecule has 1 aliphatic carbocycles. The number of hydrogen-bond donors (Lipinski definition) is 3. The largest absolute Gasteiger partial charge is 0.476 e. The minimum absolute atomic E-state index is 0.00821. The second kappa shape index (κ2) is 9.78. The van der Waals surface area contributed by atoms with Crippen LogP contribution in [-0.2, 0) is 16.6 Å². The average molecular weight is 463 g/mol. The van der Waals surface area contributed by atoms with E-state index in [-0.39, 0.29) is 36.4 Å². The molecule has 0 saturated carbocycles. The first-order valence-corrected chi connectivity index (χ1v) is 11.1. The van der Waals surface area contributed by atoms with Gasteiger partial charge in [-0.25, -0.2) is 9.59 Å². The van der Waals surface area contributed by atoms with Crippen molar-refractivity contribution >= 4 is 23.8 Å². The Bertz CT molecular complexity index is 1190. The van der Waals surface area contributed by atoms with Gasteiger partial charge in [0.1, 0.15) is 12.4 Å². The SMILES string of the molecule is CC[C@@H](CC(=O)Nc1cc(C(=O)O)nn1C)NC(=O)OCC1c2ccccc2-c2ccccc21. The van der Waals surface area contributed by atoms with Crippen molar-refractivity contribution in [2.75, 3.05) is 11.9 Å². The molecule has 1 heterocycles. The topological polar surface area (TPSA) is 123 Å². The van der Waals surface area contributed by atoms with Gasteiger partial charge in [-0.2, -0.15) is 5.10 Å². The summed E-state index contributed by atoms with van der Waals surface area (Å²) in [7, 11) is 1.54. The standard InChI is InChI=1S/C25H26N4O5/c1-3-15(12-23(30)27-22-13-21(24(31)32)28-29(22)2)26-25(33)34-14-20-18-10-6-4-8-16(18)17-9-5-7-11-19(17)20/h4-11,13,15,20H,3,12,14H2,1-2H3,(H,26,33)(H,27,30)(H,31,32)/t15-/m0/s1. The Morgan fingerprint density at radius 2 is 1.71 bits per heavy atom. The third-order valence-corrected chi connectivity index (χ3v) is 5.96. The van der Waals surface area contributed by atoms with Gasteiger partial charge in [-0.1, -0.05) is 55.5 Å². The molecule has 1 aliphatic rings. The predicted octanol–water partition coefficient (Wildman–Crippen LogP) is 3.76. The number of anilines is 1. The Hall–Kier alpha value is -4.14. The minimum Gasteiger partial charge on any atom is -0.476 e. The van der Waals surface area contributed by atoms with Crippen molar-refractivity contribution in [3.63, 3.8) is 0 Å². The number of aromatic carboxylic acids is 1. The van der Waals surface area contributed by atoms with Gasteiger partial charge in [-0.05, 0) is 28.7 Å². The summed E-state index contributed by atoms with van der Waals surface area (Å²) < 4.78 is 6.84. The molecule has 0 radical (unpaired) electrons. The Morgan fingerprint density at radius 1 is 1.09 bits per heavy atom. The van der Waals surface area contributed by atoms with E-state index in [4.69, 9.17) is 9.84 Å². The molecule has 34 heavy (non-hydrogen) atoms.